The third-order valence-corrected chi connectivity index (χ3v) is 5.07. The molecule has 0 amide bonds. The Morgan fingerprint density at radius 3 is 2.77 bits per heavy atom. The number of nitrogens with one attached hydrogen (secondary N) is 1. The summed E-state index contributed by atoms with van der Waals surface area (Å²) in [5.74, 6) is 2.70. The molecule has 7 heteroatoms. The lowest BCUT2D eigenvalue weighted by Crippen LogP contribution is -2.40. The van der Waals surface area contributed by atoms with Gasteiger partial charge in [-0.25, -0.2) is 4.98 Å². The van der Waals surface area contributed by atoms with E-state index in [1.54, 1.807) is 0 Å². The number of guanidine groups is 1. The van der Waals surface area contributed by atoms with Gasteiger partial charge in [0.15, 0.2) is 5.96 Å². The number of imidazole rings is 1. The van der Waals surface area contributed by atoms with Crippen molar-refractivity contribution in [1.29, 1.82) is 0 Å². The van der Waals surface area contributed by atoms with Crippen LogP contribution in [-0.2, 0) is 18.3 Å². The van der Waals surface area contributed by atoms with Crippen LogP contribution in [0.3, 0.4) is 0 Å². The van der Waals surface area contributed by atoms with Gasteiger partial charge in [0, 0.05) is 40.9 Å². The standard InChI is InChI=1S/C19H29N5O.HI/c1-20-19(23(2)11-8-15-9-12-25-13-10-15)21-14-18-22-16-6-4-5-7-17(16)24(18)3;/h4-7,15H,8-14H2,1-3H3,(H,20,21);1H. The van der Waals surface area contributed by atoms with E-state index in [0.717, 1.165) is 48.5 Å². The fourth-order valence-corrected chi connectivity index (χ4v) is 3.41. The fourth-order valence-electron chi connectivity index (χ4n) is 3.41. The smallest absolute Gasteiger partial charge is 0.193 e. The molecule has 26 heavy (non-hydrogen) atoms. The number of halogens is 1. The van der Waals surface area contributed by atoms with Crippen molar-refractivity contribution in [2.75, 3.05) is 33.9 Å². The van der Waals surface area contributed by atoms with Crippen molar-refractivity contribution in [2.45, 2.75) is 25.8 Å². The highest BCUT2D eigenvalue weighted by molar-refractivity contribution is 14.0. The first-order chi connectivity index (χ1) is 12.2. The van der Waals surface area contributed by atoms with Crippen LogP contribution >= 0.6 is 24.0 Å². The van der Waals surface area contributed by atoms with Crippen molar-refractivity contribution in [3.63, 3.8) is 0 Å². The Hall–Kier alpha value is -1.35. The topological polar surface area (TPSA) is 54.7 Å². The third-order valence-electron chi connectivity index (χ3n) is 5.07. The number of aryl methyl sites for hydroxylation is 1. The molecule has 1 aromatic heterocycles. The van der Waals surface area contributed by atoms with E-state index in [1.807, 2.05) is 25.2 Å². The van der Waals surface area contributed by atoms with Crippen molar-refractivity contribution in [3.05, 3.63) is 30.1 Å². The van der Waals surface area contributed by atoms with Gasteiger partial charge in [0.1, 0.15) is 5.82 Å². The minimum absolute atomic E-state index is 0. The molecule has 0 aliphatic carbocycles. The summed E-state index contributed by atoms with van der Waals surface area (Å²) in [6, 6.07) is 8.22. The number of aromatic nitrogens is 2. The van der Waals surface area contributed by atoms with Gasteiger partial charge in [-0.15, -0.1) is 24.0 Å². The molecule has 0 unspecified atom stereocenters. The normalized spacial score (nSPS) is 15.7. The molecule has 1 aliphatic heterocycles. The van der Waals surface area contributed by atoms with Crippen molar-refractivity contribution < 1.29 is 4.74 Å². The van der Waals surface area contributed by atoms with Crippen LogP contribution in [0.15, 0.2) is 29.3 Å². The quantitative estimate of drug-likeness (QED) is 0.414. The highest BCUT2D eigenvalue weighted by Crippen LogP contribution is 2.18. The summed E-state index contributed by atoms with van der Waals surface area (Å²) in [4.78, 5) is 11.3. The van der Waals surface area contributed by atoms with Crippen molar-refractivity contribution in [2.24, 2.45) is 18.0 Å². The molecule has 1 N–H and O–H groups in total. The van der Waals surface area contributed by atoms with Gasteiger partial charge in [-0.1, -0.05) is 12.1 Å². The van der Waals surface area contributed by atoms with Gasteiger partial charge in [0.05, 0.1) is 17.6 Å². The number of benzene rings is 1. The van der Waals surface area contributed by atoms with Crippen LogP contribution in [-0.4, -0.2) is 54.3 Å². The molecule has 144 valence electrons. The lowest BCUT2D eigenvalue weighted by molar-refractivity contribution is 0.0625. The minimum atomic E-state index is 0. The lowest BCUT2D eigenvalue weighted by atomic mass is 9.96. The van der Waals surface area contributed by atoms with Crippen LogP contribution in [0.4, 0.5) is 0 Å². The van der Waals surface area contributed by atoms with Gasteiger partial charge in [-0.05, 0) is 37.3 Å². The first-order valence-corrected chi connectivity index (χ1v) is 9.09. The first-order valence-electron chi connectivity index (χ1n) is 9.09. The van der Waals surface area contributed by atoms with E-state index in [2.05, 4.69) is 39.9 Å². The fraction of sp³-hybridized carbons (Fsp3) is 0.579. The second-order valence-corrected chi connectivity index (χ2v) is 6.74. The molecule has 2 aromatic rings. The average molecular weight is 471 g/mol. The zero-order valence-corrected chi connectivity index (χ0v) is 18.3. The van der Waals surface area contributed by atoms with E-state index in [4.69, 9.17) is 9.72 Å². The Labute approximate surface area is 173 Å². The summed E-state index contributed by atoms with van der Waals surface area (Å²) < 4.78 is 7.58. The van der Waals surface area contributed by atoms with Crippen LogP contribution in [0.2, 0.25) is 0 Å². The summed E-state index contributed by atoms with van der Waals surface area (Å²) >= 11 is 0. The predicted octanol–water partition coefficient (Wildman–Crippen LogP) is 3.02. The highest BCUT2D eigenvalue weighted by Gasteiger charge is 2.16. The van der Waals surface area contributed by atoms with Gasteiger partial charge in [-0.3, -0.25) is 4.99 Å². The lowest BCUT2D eigenvalue weighted by Gasteiger charge is -2.26. The SMILES string of the molecule is CN=C(NCc1nc2ccccc2n1C)N(C)CCC1CCOCC1.I. The largest absolute Gasteiger partial charge is 0.381 e. The second-order valence-electron chi connectivity index (χ2n) is 6.74. The van der Waals surface area contributed by atoms with Crippen LogP contribution in [0, 0.1) is 5.92 Å². The van der Waals surface area contributed by atoms with E-state index >= 15 is 0 Å². The number of para-hydroxylation sites is 2. The van der Waals surface area contributed by atoms with E-state index in [0.29, 0.717) is 6.54 Å². The van der Waals surface area contributed by atoms with Crippen LogP contribution in [0.5, 0.6) is 0 Å². The van der Waals surface area contributed by atoms with Crippen LogP contribution in [0.1, 0.15) is 25.1 Å². The number of nitrogens with zero attached hydrogens (tertiary/aromatic N) is 4. The molecular formula is C19H30IN5O. The van der Waals surface area contributed by atoms with E-state index in [9.17, 15) is 0 Å². The van der Waals surface area contributed by atoms with Crippen molar-refractivity contribution >= 4 is 41.0 Å². The highest BCUT2D eigenvalue weighted by atomic mass is 127. The number of ether oxygens (including phenoxy) is 1. The molecule has 6 nitrogen and oxygen atoms in total. The van der Waals surface area contributed by atoms with Gasteiger partial charge >= 0.3 is 0 Å². The Morgan fingerprint density at radius 1 is 1.35 bits per heavy atom. The number of aliphatic imine (C=N–C) groups is 1. The monoisotopic (exact) mass is 471 g/mol. The van der Waals surface area contributed by atoms with Gasteiger partial charge in [0.2, 0.25) is 0 Å². The Morgan fingerprint density at radius 2 is 2.08 bits per heavy atom. The predicted molar refractivity (Wildman–Crippen MR) is 117 cm³/mol. The second kappa shape index (κ2) is 10.1. The molecule has 1 saturated heterocycles. The molecule has 0 atom stereocenters. The van der Waals surface area contributed by atoms with E-state index in [-0.39, 0.29) is 24.0 Å². The Balaban J connectivity index is 0.00000243. The zero-order chi connectivity index (χ0) is 17.6. The summed E-state index contributed by atoms with van der Waals surface area (Å²) in [6.07, 6.45) is 3.55. The van der Waals surface area contributed by atoms with Crippen molar-refractivity contribution in [3.8, 4) is 0 Å². The third kappa shape index (κ3) is 5.09. The molecule has 1 aliphatic rings. The molecule has 0 spiro atoms. The number of fused-ring (bicyclic) bond motifs is 1. The molecular weight excluding hydrogens is 441 g/mol. The Kier molecular flexibility index (Phi) is 8.15. The van der Waals surface area contributed by atoms with Gasteiger partial charge in [-0.2, -0.15) is 0 Å². The summed E-state index contributed by atoms with van der Waals surface area (Å²) in [7, 11) is 6.00. The van der Waals surface area contributed by atoms with Crippen LogP contribution < -0.4 is 5.32 Å². The van der Waals surface area contributed by atoms with Gasteiger partial charge in [0.25, 0.3) is 0 Å². The van der Waals surface area contributed by atoms with E-state index in [1.165, 1.54) is 19.3 Å². The van der Waals surface area contributed by atoms with Crippen LogP contribution in [0.25, 0.3) is 11.0 Å². The summed E-state index contributed by atoms with van der Waals surface area (Å²) in [6.45, 7) is 3.49. The molecule has 0 bridgehead atoms. The number of rotatable bonds is 5. The minimum Gasteiger partial charge on any atom is -0.381 e. The average Bonchev–Trinajstić information content (AvgIpc) is 2.97. The summed E-state index contributed by atoms with van der Waals surface area (Å²) in [5, 5.41) is 3.44. The van der Waals surface area contributed by atoms with E-state index < -0.39 is 0 Å². The summed E-state index contributed by atoms with van der Waals surface area (Å²) in [5.41, 5.74) is 2.19. The Bertz CT molecular complexity index is 724. The molecule has 3 rings (SSSR count). The maximum atomic E-state index is 5.44. The molecule has 2 heterocycles. The van der Waals surface area contributed by atoms with Crippen molar-refractivity contribution in [1.82, 2.24) is 19.8 Å². The number of hydrogen-bond donors (Lipinski definition) is 1. The molecule has 0 radical (unpaired) electrons. The number of hydrogen-bond acceptors (Lipinski definition) is 3. The first kappa shape index (κ1) is 21.0. The molecule has 1 fully saturated rings. The zero-order valence-electron chi connectivity index (χ0n) is 15.9. The maximum absolute atomic E-state index is 5.44. The maximum Gasteiger partial charge on any atom is 0.193 e. The molecule has 1 aromatic carbocycles. The van der Waals surface area contributed by atoms with Gasteiger partial charge < -0.3 is 19.5 Å². The molecule has 0 saturated carbocycles.